The molecule has 2 N–H and O–H groups in total. The Morgan fingerprint density at radius 2 is 2.50 bits per heavy atom. The molecule has 4 heteroatoms. The molecule has 1 amide bonds. The van der Waals surface area contributed by atoms with Crippen LogP contribution in [0.4, 0.5) is 0 Å². The SMILES string of the molecule is COCC(N)C(=O)N1CCC=C(C)C1. The number of rotatable bonds is 3. The van der Waals surface area contributed by atoms with Crippen molar-refractivity contribution >= 4 is 5.91 Å². The predicted octanol–water partition coefficient (Wildman–Crippen LogP) is 0.139. The molecule has 0 aromatic carbocycles. The molecule has 1 aliphatic heterocycles. The van der Waals surface area contributed by atoms with Gasteiger partial charge in [0.25, 0.3) is 0 Å². The zero-order chi connectivity index (χ0) is 10.6. The number of hydrogen-bond acceptors (Lipinski definition) is 3. The molecule has 1 aliphatic rings. The summed E-state index contributed by atoms with van der Waals surface area (Å²) in [5, 5.41) is 0. The van der Waals surface area contributed by atoms with Crippen molar-refractivity contribution in [2.75, 3.05) is 26.8 Å². The largest absolute Gasteiger partial charge is 0.383 e. The van der Waals surface area contributed by atoms with E-state index >= 15 is 0 Å². The lowest BCUT2D eigenvalue weighted by molar-refractivity contribution is -0.133. The van der Waals surface area contributed by atoms with Crippen molar-refractivity contribution in [1.82, 2.24) is 4.90 Å². The quantitative estimate of drug-likeness (QED) is 0.656. The van der Waals surface area contributed by atoms with Crippen molar-refractivity contribution in [3.8, 4) is 0 Å². The summed E-state index contributed by atoms with van der Waals surface area (Å²) in [7, 11) is 1.55. The second kappa shape index (κ2) is 5.12. The van der Waals surface area contributed by atoms with Crippen LogP contribution in [0.15, 0.2) is 11.6 Å². The van der Waals surface area contributed by atoms with Crippen LogP contribution in [0.5, 0.6) is 0 Å². The average molecular weight is 198 g/mol. The van der Waals surface area contributed by atoms with E-state index in [1.165, 1.54) is 5.57 Å². The topological polar surface area (TPSA) is 55.6 Å². The maximum Gasteiger partial charge on any atom is 0.242 e. The lowest BCUT2D eigenvalue weighted by atomic mass is 10.1. The van der Waals surface area contributed by atoms with E-state index in [4.69, 9.17) is 10.5 Å². The molecule has 1 atom stereocenters. The van der Waals surface area contributed by atoms with Gasteiger partial charge in [0.2, 0.25) is 5.91 Å². The molecule has 0 spiro atoms. The van der Waals surface area contributed by atoms with Crippen molar-refractivity contribution < 1.29 is 9.53 Å². The zero-order valence-corrected chi connectivity index (χ0v) is 8.82. The lowest BCUT2D eigenvalue weighted by Gasteiger charge is -2.28. The van der Waals surface area contributed by atoms with Crippen LogP contribution in [-0.2, 0) is 9.53 Å². The summed E-state index contributed by atoms with van der Waals surface area (Å²) < 4.78 is 4.86. The first-order chi connectivity index (χ1) is 6.65. The minimum atomic E-state index is -0.522. The zero-order valence-electron chi connectivity index (χ0n) is 8.82. The normalized spacial score (nSPS) is 19.1. The van der Waals surface area contributed by atoms with Gasteiger partial charge in [0.1, 0.15) is 6.04 Å². The van der Waals surface area contributed by atoms with E-state index in [0.29, 0.717) is 6.54 Å². The first-order valence-electron chi connectivity index (χ1n) is 4.84. The Balaban J connectivity index is 2.49. The maximum atomic E-state index is 11.7. The standard InChI is InChI=1S/C10H18N2O2/c1-8-4-3-5-12(6-8)10(13)9(11)7-14-2/h4,9H,3,5-7,11H2,1-2H3. The third kappa shape index (κ3) is 2.82. The number of methoxy groups -OCH3 is 1. The van der Waals surface area contributed by atoms with Crippen LogP contribution >= 0.6 is 0 Å². The molecular formula is C10H18N2O2. The summed E-state index contributed by atoms with van der Waals surface area (Å²) >= 11 is 0. The highest BCUT2D eigenvalue weighted by Gasteiger charge is 2.22. The highest BCUT2D eigenvalue weighted by molar-refractivity contribution is 5.82. The minimum Gasteiger partial charge on any atom is -0.383 e. The number of nitrogens with two attached hydrogens (primary N) is 1. The molecule has 0 radical (unpaired) electrons. The summed E-state index contributed by atoms with van der Waals surface area (Å²) in [6.45, 7) is 3.79. The van der Waals surface area contributed by atoms with E-state index in [9.17, 15) is 4.79 Å². The number of carbonyl (C=O) groups is 1. The minimum absolute atomic E-state index is 0.0145. The van der Waals surface area contributed by atoms with Crippen LogP contribution in [-0.4, -0.2) is 43.7 Å². The Kier molecular flexibility index (Phi) is 4.10. The van der Waals surface area contributed by atoms with Gasteiger partial charge in [-0.05, 0) is 13.3 Å². The van der Waals surface area contributed by atoms with Gasteiger partial charge in [-0.15, -0.1) is 0 Å². The van der Waals surface area contributed by atoms with Gasteiger partial charge in [0.15, 0.2) is 0 Å². The molecule has 0 aromatic heterocycles. The average Bonchev–Trinajstić information content (AvgIpc) is 2.17. The molecule has 0 saturated heterocycles. The van der Waals surface area contributed by atoms with Gasteiger partial charge >= 0.3 is 0 Å². The summed E-state index contributed by atoms with van der Waals surface area (Å²) in [6, 6.07) is -0.522. The Morgan fingerprint density at radius 1 is 1.79 bits per heavy atom. The van der Waals surface area contributed by atoms with Gasteiger partial charge in [0.05, 0.1) is 6.61 Å². The summed E-state index contributed by atoms with van der Waals surface area (Å²) in [5.41, 5.74) is 6.90. The highest BCUT2D eigenvalue weighted by atomic mass is 16.5. The third-order valence-electron chi connectivity index (χ3n) is 2.31. The first-order valence-corrected chi connectivity index (χ1v) is 4.84. The molecule has 1 heterocycles. The van der Waals surface area contributed by atoms with Crippen LogP contribution < -0.4 is 5.73 Å². The number of carbonyl (C=O) groups excluding carboxylic acids is 1. The van der Waals surface area contributed by atoms with Crippen molar-refractivity contribution in [2.24, 2.45) is 5.73 Å². The molecule has 0 saturated carbocycles. The monoisotopic (exact) mass is 198 g/mol. The lowest BCUT2D eigenvalue weighted by Crippen LogP contribution is -2.47. The second-order valence-corrected chi connectivity index (χ2v) is 3.66. The van der Waals surface area contributed by atoms with Crippen LogP contribution in [0, 0.1) is 0 Å². The van der Waals surface area contributed by atoms with Crippen LogP contribution in [0.2, 0.25) is 0 Å². The van der Waals surface area contributed by atoms with Crippen molar-refractivity contribution in [3.05, 3.63) is 11.6 Å². The van der Waals surface area contributed by atoms with Gasteiger partial charge in [-0.3, -0.25) is 4.79 Å². The highest BCUT2D eigenvalue weighted by Crippen LogP contribution is 2.09. The molecule has 80 valence electrons. The van der Waals surface area contributed by atoms with E-state index in [0.717, 1.165) is 13.0 Å². The van der Waals surface area contributed by atoms with Gasteiger partial charge in [-0.2, -0.15) is 0 Å². The van der Waals surface area contributed by atoms with Gasteiger partial charge in [-0.25, -0.2) is 0 Å². The number of amides is 1. The van der Waals surface area contributed by atoms with Crippen LogP contribution in [0.3, 0.4) is 0 Å². The molecule has 0 fully saturated rings. The summed E-state index contributed by atoms with van der Waals surface area (Å²) in [6.07, 6.45) is 3.09. The fourth-order valence-electron chi connectivity index (χ4n) is 1.58. The van der Waals surface area contributed by atoms with E-state index in [2.05, 4.69) is 6.08 Å². The molecule has 1 rings (SSSR count). The van der Waals surface area contributed by atoms with Crippen molar-refractivity contribution in [3.63, 3.8) is 0 Å². The van der Waals surface area contributed by atoms with Crippen LogP contribution in [0.1, 0.15) is 13.3 Å². The number of hydrogen-bond donors (Lipinski definition) is 1. The summed E-state index contributed by atoms with van der Waals surface area (Å²) in [5.74, 6) is -0.0145. The van der Waals surface area contributed by atoms with Gasteiger partial charge in [0, 0.05) is 20.2 Å². The molecule has 1 unspecified atom stereocenters. The Hall–Kier alpha value is -0.870. The molecular weight excluding hydrogens is 180 g/mol. The van der Waals surface area contributed by atoms with Crippen LogP contribution in [0.25, 0.3) is 0 Å². The maximum absolute atomic E-state index is 11.7. The predicted molar refractivity (Wildman–Crippen MR) is 54.8 cm³/mol. The molecule has 0 aliphatic carbocycles. The van der Waals surface area contributed by atoms with Crippen molar-refractivity contribution in [2.45, 2.75) is 19.4 Å². The molecule has 0 aromatic rings. The number of nitrogens with zero attached hydrogens (tertiary/aromatic N) is 1. The van der Waals surface area contributed by atoms with E-state index in [1.54, 1.807) is 12.0 Å². The van der Waals surface area contributed by atoms with E-state index in [-0.39, 0.29) is 12.5 Å². The summed E-state index contributed by atoms with van der Waals surface area (Å²) in [4.78, 5) is 13.5. The Morgan fingerprint density at radius 3 is 3.07 bits per heavy atom. The fraction of sp³-hybridized carbons (Fsp3) is 0.700. The molecule has 0 bridgehead atoms. The molecule has 4 nitrogen and oxygen atoms in total. The fourth-order valence-corrected chi connectivity index (χ4v) is 1.58. The van der Waals surface area contributed by atoms with E-state index in [1.807, 2.05) is 6.92 Å². The number of ether oxygens (including phenoxy) is 1. The van der Waals surface area contributed by atoms with Gasteiger partial charge in [-0.1, -0.05) is 11.6 Å². The first kappa shape index (κ1) is 11.2. The third-order valence-corrected chi connectivity index (χ3v) is 2.31. The van der Waals surface area contributed by atoms with Gasteiger partial charge < -0.3 is 15.4 Å². The van der Waals surface area contributed by atoms with E-state index < -0.39 is 6.04 Å². The van der Waals surface area contributed by atoms with Crippen molar-refractivity contribution in [1.29, 1.82) is 0 Å². The second-order valence-electron chi connectivity index (χ2n) is 3.66. The molecule has 14 heavy (non-hydrogen) atoms. The smallest absolute Gasteiger partial charge is 0.242 e. The Labute approximate surface area is 84.7 Å². The Bertz CT molecular complexity index is 238.